The van der Waals surface area contributed by atoms with E-state index in [0.29, 0.717) is 0 Å². The predicted molar refractivity (Wildman–Crippen MR) is 342 cm³/mol. The van der Waals surface area contributed by atoms with Gasteiger partial charge in [0.2, 0.25) is 0 Å². The molecule has 0 N–H and O–H groups in total. The molecule has 396 valence electrons. The lowest BCUT2D eigenvalue weighted by Crippen LogP contribution is -2.61. The molecule has 3 nitrogen and oxygen atoms in total. The highest BCUT2D eigenvalue weighted by atomic mass is 32.1. The third kappa shape index (κ3) is 9.63. The van der Waals surface area contributed by atoms with Crippen LogP contribution in [0.2, 0.25) is 0 Å². The highest BCUT2D eigenvalue weighted by molar-refractivity contribution is 7.21. The molecule has 0 amide bonds. The zero-order chi connectivity index (χ0) is 55.8. The number of nitrogens with zero attached hydrogens (tertiary/aromatic N) is 3. The van der Waals surface area contributed by atoms with Crippen molar-refractivity contribution >= 4 is 78.8 Å². The van der Waals surface area contributed by atoms with Crippen molar-refractivity contribution in [3.63, 3.8) is 0 Å². The van der Waals surface area contributed by atoms with E-state index >= 15 is 0 Å². The molecule has 0 atom stereocenters. The Balaban J connectivity index is 1.20. The van der Waals surface area contributed by atoms with Crippen molar-refractivity contribution < 1.29 is 0 Å². The Morgan fingerprint density at radius 1 is 0.333 bits per heavy atom. The van der Waals surface area contributed by atoms with Crippen LogP contribution in [0.3, 0.4) is 0 Å². The first-order valence-electron chi connectivity index (χ1n) is 28.4. The Hall–Kier alpha value is -6.69. The maximum Gasteiger partial charge on any atom is 0.252 e. The highest BCUT2D eigenvalue weighted by Crippen LogP contribution is 2.50. The van der Waals surface area contributed by atoms with Crippen molar-refractivity contribution in [2.75, 3.05) is 9.80 Å². The van der Waals surface area contributed by atoms with Gasteiger partial charge in [-0.25, -0.2) is 4.98 Å². The number of benzene rings is 8. The summed E-state index contributed by atoms with van der Waals surface area (Å²) in [7, 11) is 0. The van der Waals surface area contributed by atoms with Crippen LogP contribution >= 0.6 is 11.3 Å². The second kappa shape index (κ2) is 18.5. The molecule has 11 rings (SSSR count). The van der Waals surface area contributed by atoms with Crippen LogP contribution in [0, 0.1) is 0 Å². The minimum Gasteiger partial charge on any atom is -0.311 e. The Morgan fingerprint density at radius 2 is 0.744 bits per heavy atom. The monoisotopic (exact) mass is 1040 g/mol. The standard InChI is InChI=1S/C73H80BN3S/c1-68(2,3)49-27-23-46(24-28-49)45-19-21-48(22-20-45)67-75-59-44-62-58(43-65(59)78-67)74-57-40-53(72(13,14)15)34-38-61(57)76(55-35-31-51(32-36-55)70(7,8)9)63-41-54(73(16,17)18)42-64(66(63)74)77(62)60-37-33-52(71(10,11)12)39-56(60)47-25-29-50(30-26-47)69(4,5)6/h19-44H,1-18H3. The predicted octanol–water partition coefficient (Wildman–Crippen LogP) is 19.2. The van der Waals surface area contributed by atoms with Crippen LogP contribution in [0.4, 0.5) is 34.1 Å². The molecule has 0 unspecified atom stereocenters. The van der Waals surface area contributed by atoms with Gasteiger partial charge in [-0.15, -0.1) is 11.3 Å². The second-order valence-electron chi connectivity index (χ2n) is 28.7. The van der Waals surface area contributed by atoms with E-state index < -0.39 is 0 Å². The zero-order valence-electron chi connectivity index (χ0n) is 49.8. The Labute approximate surface area is 471 Å². The van der Waals surface area contributed by atoms with E-state index in [1.807, 2.05) is 0 Å². The highest BCUT2D eigenvalue weighted by Gasteiger charge is 2.45. The van der Waals surface area contributed by atoms with Gasteiger partial charge in [0.25, 0.3) is 6.71 Å². The van der Waals surface area contributed by atoms with E-state index in [1.165, 1.54) is 105 Å². The first kappa shape index (κ1) is 53.3. The topological polar surface area (TPSA) is 19.4 Å². The van der Waals surface area contributed by atoms with E-state index in [0.717, 1.165) is 21.8 Å². The van der Waals surface area contributed by atoms with Crippen molar-refractivity contribution in [2.24, 2.45) is 0 Å². The first-order valence-corrected chi connectivity index (χ1v) is 29.2. The lowest BCUT2D eigenvalue weighted by Gasteiger charge is -2.46. The largest absolute Gasteiger partial charge is 0.311 e. The van der Waals surface area contributed by atoms with Crippen molar-refractivity contribution in [3.8, 4) is 32.8 Å². The molecule has 2 aliphatic heterocycles. The van der Waals surface area contributed by atoms with Gasteiger partial charge in [0, 0.05) is 39.6 Å². The van der Waals surface area contributed by atoms with E-state index in [4.69, 9.17) is 4.98 Å². The van der Waals surface area contributed by atoms with Gasteiger partial charge in [-0.1, -0.05) is 228 Å². The zero-order valence-corrected chi connectivity index (χ0v) is 50.7. The third-order valence-electron chi connectivity index (χ3n) is 16.7. The molecular formula is C73H80BN3S. The Morgan fingerprint density at radius 3 is 1.26 bits per heavy atom. The van der Waals surface area contributed by atoms with Crippen LogP contribution in [0.25, 0.3) is 43.0 Å². The average molecular weight is 1040 g/mol. The molecule has 0 spiro atoms. The summed E-state index contributed by atoms with van der Waals surface area (Å²) in [6, 6.07) is 61.5. The summed E-state index contributed by atoms with van der Waals surface area (Å²) >= 11 is 1.81. The summed E-state index contributed by atoms with van der Waals surface area (Å²) in [5.74, 6) is 0. The van der Waals surface area contributed by atoms with Gasteiger partial charge in [0.05, 0.1) is 15.9 Å². The minimum atomic E-state index is -0.161. The molecule has 78 heavy (non-hydrogen) atoms. The molecule has 8 aromatic carbocycles. The van der Waals surface area contributed by atoms with Gasteiger partial charge < -0.3 is 9.80 Å². The number of hydrogen-bond acceptors (Lipinski definition) is 4. The molecule has 9 aromatic rings. The molecule has 0 aliphatic carbocycles. The van der Waals surface area contributed by atoms with Crippen molar-refractivity contribution in [1.29, 1.82) is 0 Å². The Kier molecular flexibility index (Phi) is 12.6. The number of hydrogen-bond donors (Lipinski definition) is 0. The van der Waals surface area contributed by atoms with Crippen LogP contribution in [0.1, 0.15) is 158 Å². The number of fused-ring (bicyclic) bond motifs is 5. The van der Waals surface area contributed by atoms with Gasteiger partial charge >= 0.3 is 0 Å². The summed E-state index contributed by atoms with van der Waals surface area (Å²) in [4.78, 5) is 10.8. The molecule has 0 saturated carbocycles. The summed E-state index contributed by atoms with van der Waals surface area (Å²) in [6.45, 7) is 41.7. The SMILES string of the molecule is CC(C)(C)c1ccc(-c2ccc(-c3nc4cc5c(cc4s3)B3c4cc(C(C)(C)C)ccc4N(c4ccc(C(C)(C)C)cc4)c4cc(C(C)(C)C)cc(c43)N5c3ccc(C(C)(C)C)cc3-c3ccc(C(C)(C)C)cc3)cc2)cc1. The quantitative estimate of drug-likeness (QED) is 0.160. The van der Waals surface area contributed by atoms with E-state index in [1.54, 1.807) is 11.3 Å². The van der Waals surface area contributed by atoms with Crippen molar-refractivity contribution in [1.82, 2.24) is 4.98 Å². The molecule has 1 aromatic heterocycles. The van der Waals surface area contributed by atoms with E-state index in [2.05, 4.69) is 292 Å². The van der Waals surface area contributed by atoms with Gasteiger partial charge in [0.1, 0.15) is 5.01 Å². The maximum absolute atomic E-state index is 5.57. The van der Waals surface area contributed by atoms with E-state index in [-0.39, 0.29) is 39.2 Å². The van der Waals surface area contributed by atoms with Crippen LogP contribution in [-0.4, -0.2) is 11.7 Å². The molecular weight excluding hydrogens is 962 g/mol. The summed E-state index contributed by atoms with van der Waals surface area (Å²) in [5.41, 5.74) is 26.0. The number of aromatic nitrogens is 1. The Bertz CT molecular complexity index is 3760. The summed E-state index contributed by atoms with van der Waals surface area (Å²) < 4.78 is 1.19. The fraction of sp³-hybridized carbons (Fsp3) is 0.329. The summed E-state index contributed by atoms with van der Waals surface area (Å²) in [5, 5.41) is 1.03. The molecule has 5 heteroatoms. The van der Waals surface area contributed by atoms with Gasteiger partial charge in [-0.05, 0) is 154 Å². The molecule has 3 heterocycles. The smallest absolute Gasteiger partial charge is 0.252 e. The van der Waals surface area contributed by atoms with Crippen LogP contribution < -0.4 is 26.2 Å². The summed E-state index contributed by atoms with van der Waals surface area (Å²) in [6.07, 6.45) is 0. The van der Waals surface area contributed by atoms with Crippen molar-refractivity contribution in [2.45, 2.75) is 157 Å². The van der Waals surface area contributed by atoms with E-state index in [9.17, 15) is 0 Å². The first-order chi connectivity index (χ1) is 36.4. The van der Waals surface area contributed by atoms with Gasteiger partial charge in [-0.2, -0.15) is 0 Å². The number of rotatable bonds is 5. The fourth-order valence-corrected chi connectivity index (χ4v) is 12.6. The molecule has 0 bridgehead atoms. The fourth-order valence-electron chi connectivity index (χ4n) is 11.6. The molecule has 0 saturated heterocycles. The third-order valence-corrected chi connectivity index (χ3v) is 17.7. The van der Waals surface area contributed by atoms with Crippen molar-refractivity contribution in [3.05, 3.63) is 191 Å². The van der Waals surface area contributed by atoms with Crippen LogP contribution in [-0.2, 0) is 32.5 Å². The van der Waals surface area contributed by atoms with Crippen LogP contribution in [0.5, 0.6) is 0 Å². The average Bonchev–Trinajstić information content (AvgIpc) is 3.96. The minimum absolute atomic E-state index is 0.0259. The second-order valence-corrected chi connectivity index (χ2v) is 29.7. The van der Waals surface area contributed by atoms with Crippen LogP contribution in [0.15, 0.2) is 158 Å². The number of thiazole rings is 1. The molecule has 2 aliphatic rings. The lowest BCUT2D eigenvalue weighted by atomic mass is 9.33. The van der Waals surface area contributed by atoms with Gasteiger partial charge in [0.15, 0.2) is 0 Å². The lowest BCUT2D eigenvalue weighted by molar-refractivity contribution is 0.589. The molecule has 0 fully saturated rings. The van der Waals surface area contributed by atoms with Gasteiger partial charge in [-0.3, -0.25) is 0 Å². The molecule has 0 radical (unpaired) electrons. The maximum atomic E-state index is 5.57. The number of anilines is 6. The normalized spacial score (nSPS) is 13.9.